The molecule has 16 heavy (non-hydrogen) atoms. The first kappa shape index (κ1) is 11.3. The second kappa shape index (κ2) is 4.36. The van der Waals surface area contributed by atoms with E-state index in [1.807, 2.05) is 0 Å². The first-order valence-corrected chi connectivity index (χ1v) is 5.28. The largest absolute Gasteiger partial charge is 0.496 e. The zero-order valence-electron chi connectivity index (χ0n) is 8.37. The summed E-state index contributed by atoms with van der Waals surface area (Å²) in [5, 5.41) is 0.969. The third-order valence-electron chi connectivity index (χ3n) is 2.23. The lowest BCUT2D eigenvalue weighted by Gasteiger charge is -2.14. The molecule has 0 amide bonds. The molecule has 0 saturated heterocycles. The zero-order valence-corrected chi connectivity index (χ0v) is 9.88. The molecule has 0 saturated carbocycles. The van der Waals surface area contributed by atoms with Gasteiger partial charge in [-0.2, -0.15) is 0 Å². The van der Waals surface area contributed by atoms with Crippen molar-refractivity contribution in [1.29, 1.82) is 0 Å². The minimum atomic E-state index is -0.581. The van der Waals surface area contributed by atoms with Gasteiger partial charge in [0.1, 0.15) is 5.76 Å². The Hall–Kier alpha value is -1.19. The van der Waals surface area contributed by atoms with Gasteiger partial charge in [-0.1, -0.05) is 29.3 Å². The van der Waals surface area contributed by atoms with Crippen LogP contribution >= 0.6 is 23.2 Å². The van der Waals surface area contributed by atoms with E-state index in [0.717, 1.165) is 0 Å². The minimum absolute atomic E-state index is 0.437. The zero-order chi connectivity index (χ0) is 11.7. The number of rotatable bonds is 2. The van der Waals surface area contributed by atoms with E-state index in [4.69, 9.17) is 32.7 Å². The van der Waals surface area contributed by atoms with Gasteiger partial charge in [0.25, 0.3) is 0 Å². The number of hydrogen-bond donors (Lipinski definition) is 0. The van der Waals surface area contributed by atoms with E-state index in [0.29, 0.717) is 21.4 Å². The molecule has 0 fully saturated rings. The van der Waals surface area contributed by atoms with Crippen LogP contribution in [0.3, 0.4) is 0 Å². The highest BCUT2D eigenvalue weighted by Crippen LogP contribution is 2.36. The predicted octanol–water partition coefficient (Wildman–Crippen LogP) is 3.12. The maximum absolute atomic E-state index is 11.1. The number of hydrogen-bond acceptors (Lipinski definition) is 3. The van der Waals surface area contributed by atoms with Gasteiger partial charge in [-0.05, 0) is 12.1 Å². The van der Waals surface area contributed by atoms with Crippen LogP contribution in [0.25, 0.3) is 0 Å². The fourth-order valence-electron chi connectivity index (χ4n) is 1.50. The Bertz CT molecular complexity index is 468. The summed E-state index contributed by atoms with van der Waals surface area (Å²) < 4.78 is 10.1. The van der Waals surface area contributed by atoms with Crippen molar-refractivity contribution < 1.29 is 14.3 Å². The summed E-state index contributed by atoms with van der Waals surface area (Å²) in [5.74, 6) is 0.00193. The molecule has 2 rings (SSSR count). The average molecular weight is 259 g/mol. The van der Waals surface area contributed by atoms with Crippen molar-refractivity contribution in [3.05, 3.63) is 45.6 Å². The third kappa shape index (κ3) is 2.01. The lowest BCUT2D eigenvalue weighted by Crippen LogP contribution is -2.05. The minimum Gasteiger partial charge on any atom is -0.496 e. The molecule has 1 aromatic carbocycles. The first-order chi connectivity index (χ1) is 7.61. The number of methoxy groups -OCH3 is 1. The number of esters is 1. The summed E-state index contributed by atoms with van der Waals surface area (Å²) in [6, 6.07) is 4.99. The summed E-state index contributed by atoms with van der Waals surface area (Å²) in [4.78, 5) is 11.1. The third-order valence-corrected chi connectivity index (χ3v) is 2.80. The Labute approximate surface area is 103 Å². The molecule has 1 unspecified atom stereocenters. The van der Waals surface area contributed by atoms with E-state index in [2.05, 4.69) is 0 Å². The van der Waals surface area contributed by atoms with Crippen molar-refractivity contribution in [2.45, 2.75) is 6.10 Å². The van der Waals surface area contributed by atoms with Crippen LogP contribution in [-0.4, -0.2) is 13.1 Å². The molecule has 0 aromatic heterocycles. The molecule has 1 atom stereocenters. The summed E-state index contributed by atoms with van der Waals surface area (Å²) in [6.45, 7) is 0. The van der Waals surface area contributed by atoms with Crippen LogP contribution in [0.5, 0.6) is 0 Å². The normalized spacial score (nSPS) is 19.3. The van der Waals surface area contributed by atoms with Gasteiger partial charge in [-0.25, -0.2) is 4.79 Å². The van der Waals surface area contributed by atoms with Crippen molar-refractivity contribution >= 4 is 29.2 Å². The highest BCUT2D eigenvalue weighted by Gasteiger charge is 2.30. The molecule has 1 aliphatic heterocycles. The SMILES string of the molecule is COC1=CC(=O)OC1c1ccc(Cl)cc1Cl. The summed E-state index contributed by atoms with van der Waals surface area (Å²) in [6.07, 6.45) is 0.720. The first-order valence-electron chi connectivity index (χ1n) is 4.53. The van der Waals surface area contributed by atoms with Gasteiger partial charge in [-0.3, -0.25) is 0 Å². The van der Waals surface area contributed by atoms with Gasteiger partial charge >= 0.3 is 5.97 Å². The molecule has 3 nitrogen and oxygen atoms in total. The number of carbonyl (C=O) groups excluding carboxylic acids is 1. The monoisotopic (exact) mass is 258 g/mol. The Morgan fingerprint density at radius 1 is 1.38 bits per heavy atom. The van der Waals surface area contributed by atoms with E-state index in [1.165, 1.54) is 13.2 Å². The van der Waals surface area contributed by atoms with Crippen molar-refractivity contribution in [2.24, 2.45) is 0 Å². The fourth-order valence-corrected chi connectivity index (χ4v) is 2.00. The maximum Gasteiger partial charge on any atom is 0.335 e. The van der Waals surface area contributed by atoms with Crippen LogP contribution in [-0.2, 0) is 14.3 Å². The highest BCUT2D eigenvalue weighted by atomic mass is 35.5. The van der Waals surface area contributed by atoms with Crippen LogP contribution in [0, 0.1) is 0 Å². The second-order valence-corrected chi connectivity index (χ2v) is 4.08. The van der Waals surface area contributed by atoms with Crippen molar-refractivity contribution in [3.8, 4) is 0 Å². The molecule has 5 heteroatoms. The summed E-state index contributed by atoms with van der Waals surface area (Å²) in [5.41, 5.74) is 0.657. The van der Waals surface area contributed by atoms with Crippen LogP contribution in [0.4, 0.5) is 0 Å². The van der Waals surface area contributed by atoms with Crippen LogP contribution in [0.1, 0.15) is 11.7 Å². The quantitative estimate of drug-likeness (QED) is 0.765. The van der Waals surface area contributed by atoms with E-state index >= 15 is 0 Å². The second-order valence-electron chi connectivity index (χ2n) is 3.23. The van der Waals surface area contributed by atoms with Gasteiger partial charge in [0.15, 0.2) is 6.10 Å². The molecular formula is C11H8Cl2O3. The lowest BCUT2D eigenvalue weighted by atomic mass is 10.1. The Morgan fingerprint density at radius 3 is 2.75 bits per heavy atom. The molecule has 84 valence electrons. The molecule has 0 radical (unpaired) electrons. The molecule has 0 bridgehead atoms. The van der Waals surface area contributed by atoms with Crippen LogP contribution in [0.2, 0.25) is 10.0 Å². The summed E-state index contributed by atoms with van der Waals surface area (Å²) >= 11 is 11.8. The molecular weight excluding hydrogens is 251 g/mol. The number of cyclic esters (lactones) is 1. The average Bonchev–Trinajstić information content (AvgIpc) is 2.59. The molecule has 1 aromatic rings. The molecule has 0 aliphatic carbocycles. The smallest absolute Gasteiger partial charge is 0.335 e. The maximum atomic E-state index is 11.1. The molecule has 1 aliphatic rings. The van der Waals surface area contributed by atoms with Crippen molar-refractivity contribution in [2.75, 3.05) is 7.11 Å². The Morgan fingerprint density at radius 2 is 2.12 bits per heavy atom. The lowest BCUT2D eigenvalue weighted by molar-refractivity contribution is -0.139. The predicted molar refractivity (Wildman–Crippen MR) is 60.4 cm³/mol. The van der Waals surface area contributed by atoms with E-state index in [1.54, 1.807) is 18.2 Å². The molecule has 0 spiro atoms. The number of benzene rings is 1. The van der Waals surface area contributed by atoms with Gasteiger partial charge in [-0.15, -0.1) is 0 Å². The van der Waals surface area contributed by atoms with Gasteiger partial charge in [0.05, 0.1) is 13.2 Å². The van der Waals surface area contributed by atoms with Crippen molar-refractivity contribution in [1.82, 2.24) is 0 Å². The topological polar surface area (TPSA) is 35.5 Å². The summed E-state index contributed by atoms with van der Waals surface area (Å²) in [7, 11) is 1.48. The van der Waals surface area contributed by atoms with Crippen LogP contribution in [0.15, 0.2) is 30.0 Å². The number of carbonyl (C=O) groups is 1. The number of halogens is 2. The van der Waals surface area contributed by atoms with Crippen molar-refractivity contribution in [3.63, 3.8) is 0 Å². The standard InChI is InChI=1S/C11H8Cl2O3/c1-15-9-5-10(14)16-11(9)7-3-2-6(12)4-8(7)13/h2-5,11H,1H3. The van der Waals surface area contributed by atoms with E-state index in [-0.39, 0.29) is 0 Å². The number of ether oxygens (including phenoxy) is 2. The van der Waals surface area contributed by atoms with E-state index in [9.17, 15) is 4.79 Å². The fraction of sp³-hybridized carbons (Fsp3) is 0.182. The molecule has 0 N–H and O–H groups in total. The highest BCUT2D eigenvalue weighted by molar-refractivity contribution is 6.35. The van der Waals surface area contributed by atoms with Gasteiger partial charge in [0, 0.05) is 15.6 Å². The van der Waals surface area contributed by atoms with Crippen LogP contribution < -0.4 is 0 Å². The van der Waals surface area contributed by atoms with Gasteiger partial charge < -0.3 is 9.47 Å². The Kier molecular flexibility index (Phi) is 3.08. The van der Waals surface area contributed by atoms with E-state index < -0.39 is 12.1 Å². The molecule has 1 heterocycles. The van der Waals surface area contributed by atoms with Gasteiger partial charge in [0.2, 0.25) is 0 Å². The Balaban J connectivity index is 2.38.